The number of halogens is 2. The van der Waals surface area contributed by atoms with Crippen molar-refractivity contribution in [2.45, 2.75) is 0 Å². The Labute approximate surface area is 133 Å². The van der Waals surface area contributed by atoms with E-state index in [1.807, 2.05) is 6.07 Å². The lowest BCUT2D eigenvalue weighted by Gasteiger charge is -2.14. The van der Waals surface area contributed by atoms with Crippen LogP contribution in [0.25, 0.3) is 10.9 Å². The molecule has 0 spiro atoms. The van der Waals surface area contributed by atoms with Crippen LogP contribution in [-0.2, 0) is 0 Å². The third-order valence-electron chi connectivity index (χ3n) is 3.16. The summed E-state index contributed by atoms with van der Waals surface area (Å²) >= 11 is 2.06. The van der Waals surface area contributed by atoms with Crippen molar-refractivity contribution < 1.29 is 9.13 Å². The van der Waals surface area contributed by atoms with Gasteiger partial charge in [0.15, 0.2) is 0 Å². The Morgan fingerprint density at radius 1 is 1.38 bits per heavy atom. The second-order valence-electron chi connectivity index (χ2n) is 4.45. The molecule has 0 saturated carbocycles. The van der Waals surface area contributed by atoms with Crippen molar-refractivity contribution in [3.8, 4) is 5.75 Å². The van der Waals surface area contributed by atoms with Crippen LogP contribution >= 0.6 is 22.6 Å². The van der Waals surface area contributed by atoms with Gasteiger partial charge in [0.2, 0.25) is 0 Å². The second kappa shape index (κ2) is 5.40. The number of aromatic amines is 1. The van der Waals surface area contributed by atoms with Crippen molar-refractivity contribution in [3.05, 3.63) is 39.8 Å². The first kappa shape index (κ1) is 13.9. The first-order valence-corrected chi connectivity index (χ1v) is 7.19. The van der Waals surface area contributed by atoms with Crippen LogP contribution < -0.4 is 15.8 Å². The minimum Gasteiger partial charge on any atom is -0.494 e. The van der Waals surface area contributed by atoms with Gasteiger partial charge in [-0.25, -0.2) is 4.39 Å². The predicted molar refractivity (Wildman–Crippen MR) is 89.5 cm³/mol. The lowest BCUT2D eigenvalue weighted by molar-refractivity contribution is 0.417. The van der Waals surface area contributed by atoms with Gasteiger partial charge in [-0.05, 0) is 40.8 Å². The van der Waals surface area contributed by atoms with Crippen LogP contribution in [0.1, 0.15) is 0 Å². The number of fused-ring (bicyclic) bond motifs is 1. The second-order valence-corrected chi connectivity index (χ2v) is 5.69. The molecule has 3 aromatic rings. The van der Waals surface area contributed by atoms with Gasteiger partial charge < -0.3 is 15.8 Å². The molecule has 0 aliphatic carbocycles. The first-order valence-electron chi connectivity index (χ1n) is 6.11. The molecule has 3 rings (SSSR count). The topological polar surface area (TPSA) is 76.0 Å². The van der Waals surface area contributed by atoms with Gasteiger partial charge >= 0.3 is 0 Å². The highest BCUT2D eigenvalue weighted by Crippen LogP contribution is 2.38. The van der Waals surface area contributed by atoms with E-state index in [2.05, 4.69) is 38.1 Å². The molecule has 0 amide bonds. The lowest BCUT2D eigenvalue weighted by atomic mass is 10.1. The van der Waals surface area contributed by atoms with Gasteiger partial charge in [-0.3, -0.25) is 5.10 Å². The molecule has 21 heavy (non-hydrogen) atoms. The maximum absolute atomic E-state index is 14.0. The van der Waals surface area contributed by atoms with Crippen molar-refractivity contribution in [2.24, 2.45) is 0 Å². The fourth-order valence-corrected chi connectivity index (χ4v) is 2.56. The predicted octanol–water partition coefficient (Wildman–Crippen LogP) is 3.64. The van der Waals surface area contributed by atoms with Crippen molar-refractivity contribution in [3.63, 3.8) is 0 Å². The number of hydrogen-bond donors (Lipinski definition) is 3. The van der Waals surface area contributed by atoms with E-state index in [1.54, 1.807) is 18.3 Å². The molecule has 0 saturated heterocycles. The fraction of sp³-hybridized carbons (Fsp3) is 0.0714. The summed E-state index contributed by atoms with van der Waals surface area (Å²) in [6, 6.07) is 6.69. The molecular weight excluding hydrogens is 386 g/mol. The van der Waals surface area contributed by atoms with E-state index in [1.165, 1.54) is 13.2 Å². The maximum Gasteiger partial charge on any atom is 0.147 e. The number of H-pyrrole nitrogens is 1. The Balaban J connectivity index is 2.15. The number of nitrogens with two attached hydrogens (primary N) is 1. The Bertz CT molecular complexity index is 818. The third kappa shape index (κ3) is 2.48. The van der Waals surface area contributed by atoms with Crippen LogP contribution in [0.3, 0.4) is 0 Å². The van der Waals surface area contributed by atoms with Crippen LogP contribution in [0.15, 0.2) is 30.5 Å². The quantitative estimate of drug-likeness (QED) is 0.465. The van der Waals surface area contributed by atoms with Gasteiger partial charge in [0, 0.05) is 15.0 Å². The number of nitrogen functional groups attached to an aromatic ring is 1. The summed E-state index contributed by atoms with van der Waals surface area (Å²) in [4.78, 5) is 0. The average Bonchev–Trinajstić information content (AvgIpc) is 2.92. The molecule has 0 radical (unpaired) electrons. The lowest BCUT2D eigenvalue weighted by Crippen LogP contribution is -2.01. The number of nitrogens with one attached hydrogen (secondary N) is 2. The average molecular weight is 398 g/mol. The summed E-state index contributed by atoms with van der Waals surface area (Å²) in [6.07, 6.45) is 1.64. The Hall–Kier alpha value is -2.03. The standard InChI is InChI=1S/C14H12FIN4O/c1-21-12-5-11-8(6-18-20-11)14(13(12)17)19-10-3-2-7(16)4-9(10)15/h2-6,19H,17H2,1H3,(H,18,20). The Kier molecular flexibility index (Phi) is 3.58. The highest BCUT2D eigenvalue weighted by molar-refractivity contribution is 14.1. The third-order valence-corrected chi connectivity index (χ3v) is 3.83. The van der Waals surface area contributed by atoms with Crippen LogP contribution in [0.5, 0.6) is 5.75 Å². The van der Waals surface area contributed by atoms with Gasteiger partial charge in [0.25, 0.3) is 0 Å². The number of hydrogen-bond acceptors (Lipinski definition) is 4. The van der Waals surface area contributed by atoms with Crippen LogP contribution in [0.4, 0.5) is 21.5 Å². The number of ether oxygens (including phenoxy) is 1. The van der Waals surface area contributed by atoms with Gasteiger partial charge in [-0.2, -0.15) is 5.10 Å². The molecular formula is C14H12FIN4O. The van der Waals surface area contributed by atoms with Crippen LogP contribution in [0, 0.1) is 9.39 Å². The zero-order valence-electron chi connectivity index (χ0n) is 11.1. The molecule has 0 fully saturated rings. The van der Waals surface area contributed by atoms with E-state index in [-0.39, 0.29) is 5.82 Å². The molecule has 7 heteroatoms. The molecule has 108 valence electrons. The molecule has 1 aromatic heterocycles. The highest BCUT2D eigenvalue weighted by atomic mass is 127. The number of anilines is 3. The zero-order valence-corrected chi connectivity index (χ0v) is 13.2. The summed E-state index contributed by atoms with van der Waals surface area (Å²) in [6.45, 7) is 0. The Morgan fingerprint density at radius 2 is 2.19 bits per heavy atom. The summed E-state index contributed by atoms with van der Waals surface area (Å²) in [5, 5.41) is 10.6. The van der Waals surface area contributed by atoms with Crippen molar-refractivity contribution in [1.82, 2.24) is 10.2 Å². The monoisotopic (exact) mass is 398 g/mol. The smallest absolute Gasteiger partial charge is 0.147 e. The normalized spacial score (nSPS) is 10.8. The van der Waals surface area contributed by atoms with Gasteiger partial charge in [0.1, 0.15) is 11.6 Å². The number of aromatic nitrogens is 2. The van der Waals surface area contributed by atoms with Gasteiger partial charge in [-0.15, -0.1) is 0 Å². The maximum atomic E-state index is 14.0. The van der Waals surface area contributed by atoms with Gasteiger partial charge in [-0.1, -0.05) is 0 Å². The summed E-state index contributed by atoms with van der Waals surface area (Å²) in [7, 11) is 1.53. The highest BCUT2D eigenvalue weighted by Gasteiger charge is 2.14. The molecule has 2 aromatic carbocycles. The van der Waals surface area contributed by atoms with E-state index >= 15 is 0 Å². The minimum absolute atomic E-state index is 0.345. The van der Waals surface area contributed by atoms with E-state index in [4.69, 9.17) is 10.5 Å². The summed E-state index contributed by atoms with van der Waals surface area (Å²) in [5.74, 6) is 0.154. The summed E-state index contributed by atoms with van der Waals surface area (Å²) in [5.41, 5.74) is 8.17. The molecule has 0 aliphatic heterocycles. The molecule has 0 unspecified atom stereocenters. The molecule has 4 N–H and O–H groups in total. The zero-order chi connectivity index (χ0) is 15.0. The Morgan fingerprint density at radius 3 is 2.90 bits per heavy atom. The van der Waals surface area contributed by atoms with E-state index in [9.17, 15) is 4.39 Å². The molecule has 1 heterocycles. The van der Waals surface area contributed by atoms with Crippen molar-refractivity contribution in [1.29, 1.82) is 0 Å². The van der Waals surface area contributed by atoms with Crippen LogP contribution in [0.2, 0.25) is 0 Å². The molecule has 0 bridgehead atoms. The molecule has 5 nitrogen and oxygen atoms in total. The SMILES string of the molecule is COc1cc2[nH]ncc2c(Nc2ccc(I)cc2F)c1N. The molecule has 0 atom stereocenters. The molecule has 0 aliphatic rings. The largest absolute Gasteiger partial charge is 0.494 e. The van der Waals surface area contributed by atoms with Crippen molar-refractivity contribution in [2.75, 3.05) is 18.2 Å². The number of nitrogens with zero attached hydrogens (tertiary/aromatic N) is 1. The van der Waals surface area contributed by atoms with E-state index in [0.717, 1.165) is 14.5 Å². The van der Waals surface area contributed by atoms with Crippen molar-refractivity contribution >= 4 is 50.6 Å². The van der Waals surface area contributed by atoms with E-state index < -0.39 is 0 Å². The first-order chi connectivity index (χ1) is 10.1. The number of benzene rings is 2. The van der Waals surface area contributed by atoms with E-state index in [0.29, 0.717) is 22.8 Å². The minimum atomic E-state index is -0.347. The fourth-order valence-electron chi connectivity index (χ4n) is 2.11. The summed E-state index contributed by atoms with van der Waals surface area (Å²) < 4.78 is 20.1. The number of rotatable bonds is 3. The number of methoxy groups -OCH3 is 1. The van der Waals surface area contributed by atoms with Crippen LogP contribution in [-0.4, -0.2) is 17.3 Å². The van der Waals surface area contributed by atoms with Gasteiger partial charge in [0.05, 0.1) is 35.9 Å².